The molecule has 0 unspecified atom stereocenters. The van der Waals surface area contributed by atoms with E-state index in [1.54, 1.807) is 24.3 Å². The van der Waals surface area contributed by atoms with Crippen molar-refractivity contribution in [2.45, 2.75) is 37.5 Å². The summed E-state index contributed by atoms with van der Waals surface area (Å²) < 4.78 is 0. The van der Waals surface area contributed by atoms with E-state index in [0.717, 1.165) is 5.69 Å². The molecule has 0 radical (unpaired) electrons. The monoisotopic (exact) mass is 461 g/mol. The summed E-state index contributed by atoms with van der Waals surface area (Å²) in [7, 11) is 0. The standard InChI is InChI=1S/C20H27N7O6/c21-20-24-16-15(18(31)25-20)27-9-26(8-12(27)7-22-16)11-3-1-10(2-4-11)17(30)23-13(19(32)33)5-6-14(28)29/h1-4,12-14,19,28-29,32-33H,5-9H2,(H,23,30)(H4,21,22,24,25,31)/t12-,13+/m1/s1. The Balaban J connectivity index is 1.44. The first-order valence-corrected chi connectivity index (χ1v) is 10.5. The number of aromatic amines is 1. The zero-order valence-corrected chi connectivity index (χ0v) is 17.7. The summed E-state index contributed by atoms with van der Waals surface area (Å²) in [6.07, 6.45) is -3.57. The quantitative estimate of drug-likeness (QED) is 0.211. The van der Waals surface area contributed by atoms with Crippen LogP contribution in [0.25, 0.3) is 0 Å². The second-order valence-corrected chi connectivity index (χ2v) is 8.12. The van der Waals surface area contributed by atoms with Crippen LogP contribution in [0.2, 0.25) is 0 Å². The molecule has 1 saturated heterocycles. The predicted octanol–water partition coefficient (Wildman–Crippen LogP) is -2.07. The number of nitrogen functional groups attached to an aromatic ring is 1. The maximum absolute atomic E-state index is 12.5. The van der Waals surface area contributed by atoms with Crippen LogP contribution in [0.5, 0.6) is 0 Å². The molecule has 4 rings (SSSR count). The van der Waals surface area contributed by atoms with Gasteiger partial charge in [-0.1, -0.05) is 0 Å². The summed E-state index contributed by atoms with van der Waals surface area (Å²) in [5, 5.41) is 42.5. The van der Waals surface area contributed by atoms with Gasteiger partial charge >= 0.3 is 0 Å². The number of H-pyrrole nitrogens is 1. The number of carbonyl (C=O) groups is 1. The number of aromatic nitrogens is 2. The van der Waals surface area contributed by atoms with Gasteiger partial charge in [-0.2, -0.15) is 4.98 Å². The van der Waals surface area contributed by atoms with Gasteiger partial charge in [0.25, 0.3) is 11.5 Å². The minimum Gasteiger partial charge on any atom is -0.369 e. The first-order valence-electron chi connectivity index (χ1n) is 10.5. The molecule has 0 aliphatic carbocycles. The molecule has 1 aromatic heterocycles. The molecule has 2 aromatic rings. The van der Waals surface area contributed by atoms with Gasteiger partial charge in [-0.15, -0.1) is 0 Å². The molecular formula is C20H27N7O6. The Hall–Kier alpha value is -3.39. The molecule has 1 aromatic carbocycles. The lowest BCUT2D eigenvalue weighted by Gasteiger charge is -2.31. The second kappa shape index (κ2) is 9.23. The van der Waals surface area contributed by atoms with Gasteiger partial charge in [-0.05, 0) is 30.7 Å². The summed E-state index contributed by atoms with van der Waals surface area (Å²) in [6.45, 7) is 1.72. The lowest BCUT2D eigenvalue weighted by Crippen LogP contribution is -2.44. The van der Waals surface area contributed by atoms with Crippen LogP contribution in [-0.2, 0) is 0 Å². The number of hydrogen-bond donors (Lipinski definition) is 8. The van der Waals surface area contributed by atoms with Gasteiger partial charge < -0.3 is 46.6 Å². The van der Waals surface area contributed by atoms with Crippen molar-refractivity contribution in [1.29, 1.82) is 0 Å². The highest BCUT2D eigenvalue weighted by Crippen LogP contribution is 2.32. The maximum Gasteiger partial charge on any atom is 0.278 e. The van der Waals surface area contributed by atoms with E-state index in [1.807, 2.05) is 4.90 Å². The Morgan fingerprint density at radius 1 is 1.21 bits per heavy atom. The van der Waals surface area contributed by atoms with E-state index in [2.05, 4.69) is 25.5 Å². The number of hydrogen-bond acceptors (Lipinski definition) is 11. The van der Waals surface area contributed by atoms with Gasteiger partial charge in [0.1, 0.15) is 5.69 Å². The smallest absolute Gasteiger partial charge is 0.278 e. The molecule has 3 heterocycles. The molecule has 1 amide bonds. The van der Waals surface area contributed by atoms with Crippen LogP contribution in [0.4, 0.5) is 23.1 Å². The number of nitrogens with two attached hydrogens (primary N) is 1. The van der Waals surface area contributed by atoms with Crippen molar-refractivity contribution >= 4 is 29.0 Å². The highest BCUT2D eigenvalue weighted by molar-refractivity contribution is 5.94. The second-order valence-electron chi connectivity index (χ2n) is 8.12. The van der Waals surface area contributed by atoms with Crippen molar-refractivity contribution in [3.05, 3.63) is 40.2 Å². The summed E-state index contributed by atoms with van der Waals surface area (Å²) in [5.41, 5.74) is 6.94. The minimum atomic E-state index is -1.83. The summed E-state index contributed by atoms with van der Waals surface area (Å²) in [5.74, 6) is -0.00642. The van der Waals surface area contributed by atoms with Crippen LogP contribution in [-0.4, -0.2) is 80.7 Å². The zero-order chi connectivity index (χ0) is 23.7. The number of anilines is 4. The van der Waals surface area contributed by atoms with Gasteiger partial charge in [0.15, 0.2) is 18.4 Å². The number of nitrogens with zero attached hydrogens (tertiary/aromatic N) is 3. The van der Waals surface area contributed by atoms with Crippen molar-refractivity contribution in [2.75, 3.05) is 40.6 Å². The van der Waals surface area contributed by atoms with Crippen molar-refractivity contribution < 1.29 is 25.2 Å². The van der Waals surface area contributed by atoms with E-state index < -0.39 is 24.5 Å². The topological polar surface area (TPSA) is 200 Å². The SMILES string of the molecule is Nc1nc2c(c(=O)[nH]1)N1CN(c3ccc(C(=O)N[C@@H](CCC(O)O)C(O)O)cc3)C[C@H]1CN2. The molecule has 2 atom stereocenters. The Bertz CT molecular complexity index is 1060. The molecule has 13 heteroatoms. The van der Waals surface area contributed by atoms with E-state index in [9.17, 15) is 19.8 Å². The number of aliphatic hydroxyl groups is 4. The van der Waals surface area contributed by atoms with E-state index in [4.69, 9.17) is 15.9 Å². The fraction of sp³-hybridized carbons (Fsp3) is 0.450. The first kappa shape index (κ1) is 22.8. The number of amides is 1. The highest BCUT2D eigenvalue weighted by atomic mass is 16.5. The number of nitrogens with one attached hydrogen (secondary N) is 3. The molecule has 2 aliphatic heterocycles. The molecule has 13 nitrogen and oxygen atoms in total. The molecule has 1 fully saturated rings. The fourth-order valence-electron chi connectivity index (χ4n) is 4.11. The minimum absolute atomic E-state index is 0.0146. The third-order valence-electron chi connectivity index (χ3n) is 5.81. The normalized spacial score (nSPS) is 18.2. The molecule has 0 spiro atoms. The van der Waals surface area contributed by atoms with Gasteiger partial charge in [0, 0.05) is 30.8 Å². The van der Waals surface area contributed by atoms with Crippen molar-refractivity contribution in [3.8, 4) is 0 Å². The van der Waals surface area contributed by atoms with Crippen molar-refractivity contribution in [1.82, 2.24) is 15.3 Å². The van der Waals surface area contributed by atoms with Gasteiger partial charge in [-0.25, -0.2) is 0 Å². The van der Waals surface area contributed by atoms with E-state index >= 15 is 0 Å². The fourth-order valence-corrected chi connectivity index (χ4v) is 4.11. The molecule has 2 aliphatic rings. The number of aliphatic hydroxyl groups excluding tert-OH is 2. The van der Waals surface area contributed by atoms with Gasteiger partial charge in [-0.3, -0.25) is 14.6 Å². The van der Waals surface area contributed by atoms with Gasteiger partial charge in [0.2, 0.25) is 5.95 Å². The van der Waals surface area contributed by atoms with Crippen LogP contribution < -0.4 is 31.7 Å². The third-order valence-corrected chi connectivity index (χ3v) is 5.81. The average Bonchev–Trinajstić information content (AvgIpc) is 3.20. The van der Waals surface area contributed by atoms with E-state index in [-0.39, 0.29) is 30.4 Å². The van der Waals surface area contributed by atoms with Crippen LogP contribution in [0.3, 0.4) is 0 Å². The number of carbonyl (C=O) groups excluding carboxylic acids is 1. The number of fused-ring (bicyclic) bond motifs is 3. The van der Waals surface area contributed by atoms with E-state index in [0.29, 0.717) is 36.8 Å². The lowest BCUT2D eigenvalue weighted by molar-refractivity contribution is -0.0817. The Labute approximate surface area is 188 Å². The Morgan fingerprint density at radius 2 is 1.94 bits per heavy atom. The average molecular weight is 461 g/mol. The van der Waals surface area contributed by atoms with Gasteiger partial charge in [0.05, 0.1) is 18.8 Å². The zero-order valence-electron chi connectivity index (χ0n) is 17.7. The highest BCUT2D eigenvalue weighted by Gasteiger charge is 2.37. The number of rotatable bonds is 7. The summed E-state index contributed by atoms with van der Waals surface area (Å²) >= 11 is 0. The molecule has 178 valence electrons. The Kier molecular flexibility index (Phi) is 6.37. The molecule has 9 N–H and O–H groups in total. The molecule has 0 bridgehead atoms. The summed E-state index contributed by atoms with van der Waals surface area (Å²) in [4.78, 5) is 35.7. The van der Waals surface area contributed by atoms with Crippen LogP contribution in [0.15, 0.2) is 29.1 Å². The molecule has 0 saturated carbocycles. The molecular weight excluding hydrogens is 434 g/mol. The third kappa shape index (κ3) is 4.85. The van der Waals surface area contributed by atoms with Crippen molar-refractivity contribution in [2.24, 2.45) is 0 Å². The maximum atomic E-state index is 12.5. The van der Waals surface area contributed by atoms with Crippen molar-refractivity contribution in [3.63, 3.8) is 0 Å². The van der Waals surface area contributed by atoms with Crippen LogP contribution in [0.1, 0.15) is 23.2 Å². The summed E-state index contributed by atoms with van der Waals surface area (Å²) in [6, 6.07) is 5.79. The number of benzene rings is 1. The van der Waals surface area contributed by atoms with Crippen LogP contribution >= 0.6 is 0 Å². The largest absolute Gasteiger partial charge is 0.369 e. The van der Waals surface area contributed by atoms with Crippen LogP contribution in [0, 0.1) is 0 Å². The lowest BCUT2D eigenvalue weighted by atomic mass is 10.1. The first-order chi connectivity index (χ1) is 15.7. The molecule has 33 heavy (non-hydrogen) atoms. The Morgan fingerprint density at radius 3 is 2.61 bits per heavy atom. The predicted molar refractivity (Wildman–Crippen MR) is 120 cm³/mol. The van der Waals surface area contributed by atoms with E-state index in [1.165, 1.54) is 0 Å².